The Hall–Kier alpha value is -0.430. The summed E-state index contributed by atoms with van der Waals surface area (Å²) >= 11 is 1.93. The van der Waals surface area contributed by atoms with Crippen LogP contribution in [0.4, 0.5) is 0 Å². The molecule has 0 aromatic rings. The Kier molecular flexibility index (Phi) is 7.52. The summed E-state index contributed by atoms with van der Waals surface area (Å²) in [7, 11) is -1.37. The number of hydrogen-bond acceptors (Lipinski definition) is 4. The molecule has 7 heteroatoms. The highest BCUT2D eigenvalue weighted by Gasteiger charge is 2.28. The first-order chi connectivity index (χ1) is 10.2. The highest BCUT2D eigenvalue weighted by atomic mass is 32.2. The third-order valence-corrected chi connectivity index (χ3v) is 7.82. The summed E-state index contributed by atoms with van der Waals surface area (Å²) < 4.78 is 23.5. The molecule has 0 saturated heterocycles. The van der Waals surface area contributed by atoms with Gasteiger partial charge in [0, 0.05) is 24.9 Å². The monoisotopic (exact) mass is 349 g/mol. The average Bonchev–Trinajstić information content (AvgIpc) is 2.45. The second kappa shape index (κ2) is 8.43. The second-order valence-corrected chi connectivity index (χ2v) is 10.8. The molecule has 22 heavy (non-hydrogen) atoms. The van der Waals surface area contributed by atoms with Crippen LogP contribution in [0, 0.1) is 0 Å². The van der Waals surface area contributed by atoms with E-state index in [1.807, 2.05) is 11.8 Å². The summed E-state index contributed by atoms with van der Waals surface area (Å²) in [6.45, 7) is 5.60. The van der Waals surface area contributed by atoms with E-state index < -0.39 is 14.6 Å². The maximum absolute atomic E-state index is 12.1. The first-order valence-electron chi connectivity index (χ1n) is 7.92. The van der Waals surface area contributed by atoms with E-state index in [0.717, 1.165) is 12.8 Å². The van der Waals surface area contributed by atoms with Crippen molar-refractivity contribution in [3.8, 4) is 0 Å². The highest BCUT2D eigenvalue weighted by Crippen LogP contribution is 2.26. The molecule has 0 bridgehead atoms. The van der Waals surface area contributed by atoms with Gasteiger partial charge in [0.1, 0.15) is 0 Å². The molecule has 0 amide bonds. The number of guanidine groups is 1. The lowest BCUT2D eigenvalue weighted by Gasteiger charge is -2.30. The van der Waals surface area contributed by atoms with E-state index in [9.17, 15) is 8.42 Å². The van der Waals surface area contributed by atoms with Crippen molar-refractivity contribution in [1.82, 2.24) is 10.6 Å². The summed E-state index contributed by atoms with van der Waals surface area (Å²) in [5.41, 5.74) is 0. The predicted molar refractivity (Wildman–Crippen MR) is 97.6 cm³/mol. The van der Waals surface area contributed by atoms with Crippen molar-refractivity contribution < 1.29 is 8.42 Å². The number of nitrogens with one attached hydrogen (secondary N) is 2. The molecule has 1 aliphatic carbocycles. The van der Waals surface area contributed by atoms with E-state index >= 15 is 0 Å². The lowest BCUT2D eigenvalue weighted by Crippen LogP contribution is -2.47. The Balaban J connectivity index is 2.44. The Morgan fingerprint density at radius 3 is 2.55 bits per heavy atom. The van der Waals surface area contributed by atoms with E-state index in [0.29, 0.717) is 23.8 Å². The van der Waals surface area contributed by atoms with Gasteiger partial charge in [0.2, 0.25) is 0 Å². The molecular weight excluding hydrogens is 318 g/mol. The zero-order valence-electron chi connectivity index (χ0n) is 14.5. The first-order valence-corrected chi connectivity index (χ1v) is 10.9. The molecule has 1 saturated carbocycles. The van der Waals surface area contributed by atoms with Gasteiger partial charge in [-0.2, -0.15) is 11.8 Å². The van der Waals surface area contributed by atoms with Crippen molar-refractivity contribution in [2.45, 2.75) is 62.5 Å². The molecule has 1 aliphatic rings. The van der Waals surface area contributed by atoms with E-state index in [1.54, 1.807) is 27.8 Å². The number of aliphatic imine (C=N–C) groups is 1. The van der Waals surface area contributed by atoms with E-state index in [4.69, 9.17) is 0 Å². The summed E-state index contributed by atoms with van der Waals surface area (Å²) in [6, 6.07) is 0.427. The van der Waals surface area contributed by atoms with Crippen molar-refractivity contribution >= 4 is 27.6 Å². The third-order valence-electron chi connectivity index (χ3n) is 4.12. The second-order valence-electron chi connectivity index (χ2n) is 6.80. The number of hydrogen-bond donors (Lipinski definition) is 2. The minimum Gasteiger partial charge on any atom is -0.355 e. The summed E-state index contributed by atoms with van der Waals surface area (Å²) in [5.74, 6) is 0.825. The fourth-order valence-corrected chi connectivity index (χ4v) is 4.30. The molecule has 2 unspecified atom stereocenters. The van der Waals surface area contributed by atoms with Gasteiger partial charge in [-0.15, -0.1) is 0 Å². The van der Waals surface area contributed by atoms with Gasteiger partial charge in [-0.1, -0.05) is 6.42 Å². The van der Waals surface area contributed by atoms with Crippen LogP contribution in [0.15, 0.2) is 4.99 Å². The molecule has 0 aromatic carbocycles. The van der Waals surface area contributed by atoms with Crippen LogP contribution in [0.3, 0.4) is 0 Å². The van der Waals surface area contributed by atoms with E-state index in [2.05, 4.69) is 21.9 Å². The van der Waals surface area contributed by atoms with Gasteiger partial charge in [-0.25, -0.2) is 8.42 Å². The van der Waals surface area contributed by atoms with Crippen molar-refractivity contribution in [2.75, 3.05) is 25.6 Å². The van der Waals surface area contributed by atoms with Crippen molar-refractivity contribution in [1.29, 1.82) is 0 Å². The normalized spacial score (nSPS) is 24.1. The van der Waals surface area contributed by atoms with Crippen LogP contribution >= 0.6 is 11.8 Å². The molecule has 1 fully saturated rings. The van der Waals surface area contributed by atoms with Gasteiger partial charge in [0.25, 0.3) is 0 Å². The highest BCUT2D eigenvalue weighted by molar-refractivity contribution is 7.99. The molecule has 0 radical (unpaired) electrons. The van der Waals surface area contributed by atoms with Gasteiger partial charge < -0.3 is 10.6 Å². The molecule has 0 heterocycles. The number of nitrogens with zero attached hydrogens (tertiary/aromatic N) is 1. The maximum atomic E-state index is 12.1. The minimum absolute atomic E-state index is 0.120. The van der Waals surface area contributed by atoms with Crippen LogP contribution in [0.1, 0.15) is 46.5 Å². The fraction of sp³-hybridized carbons (Fsp3) is 0.933. The third kappa shape index (κ3) is 5.99. The Morgan fingerprint density at radius 1 is 1.32 bits per heavy atom. The minimum atomic E-state index is -3.10. The van der Waals surface area contributed by atoms with Crippen molar-refractivity contribution in [3.63, 3.8) is 0 Å². The van der Waals surface area contributed by atoms with Crippen LogP contribution < -0.4 is 10.6 Å². The van der Waals surface area contributed by atoms with Crippen molar-refractivity contribution in [3.05, 3.63) is 0 Å². The molecule has 1 rings (SSSR count). The SMILES string of the molecule is CN=C(NCCS(=O)(=O)C(C)(C)C)NC1CCCC(SC)C1. The number of sulfone groups is 1. The van der Waals surface area contributed by atoms with Gasteiger partial charge in [-0.05, 0) is 46.3 Å². The molecule has 130 valence electrons. The van der Waals surface area contributed by atoms with Crippen LogP contribution in [-0.4, -0.2) is 56.0 Å². The predicted octanol–water partition coefficient (Wildman–Crippen LogP) is 2.04. The molecule has 0 aliphatic heterocycles. The lowest BCUT2D eigenvalue weighted by molar-refractivity contribution is 0.419. The topological polar surface area (TPSA) is 70.6 Å². The summed E-state index contributed by atoms with van der Waals surface area (Å²) in [6.07, 6.45) is 6.98. The first kappa shape index (κ1) is 19.6. The zero-order valence-corrected chi connectivity index (χ0v) is 16.1. The average molecular weight is 350 g/mol. The molecular formula is C15H31N3O2S2. The van der Waals surface area contributed by atoms with Gasteiger partial charge in [-0.3, -0.25) is 4.99 Å². The van der Waals surface area contributed by atoms with Crippen LogP contribution in [0.25, 0.3) is 0 Å². The smallest absolute Gasteiger partial charge is 0.191 e. The number of thioether (sulfide) groups is 1. The van der Waals surface area contributed by atoms with Crippen LogP contribution in [0.5, 0.6) is 0 Å². The molecule has 2 atom stereocenters. The molecule has 2 N–H and O–H groups in total. The van der Waals surface area contributed by atoms with Gasteiger partial charge in [0.15, 0.2) is 15.8 Å². The Morgan fingerprint density at radius 2 is 2.00 bits per heavy atom. The van der Waals surface area contributed by atoms with Gasteiger partial charge in [0.05, 0.1) is 10.5 Å². The van der Waals surface area contributed by atoms with Crippen LogP contribution in [0.2, 0.25) is 0 Å². The largest absolute Gasteiger partial charge is 0.355 e. The molecule has 5 nitrogen and oxygen atoms in total. The summed E-state index contributed by atoms with van der Waals surface area (Å²) in [5, 5.41) is 7.27. The van der Waals surface area contributed by atoms with E-state index in [1.165, 1.54) is 12.8 Å². The Labute approximate surface area is 140 Å². The maximum Gasteiger partial charge on any atom is 0.191 e. The van der Waals surface area contributed by atoms with Crippen LogP contribution in [-0.2, 0) is 9.84 Å². The number of rotatable bonds is 5. The van der Waals surface area contributed by atoms with Gasteiger partial charge >= 0.3 is 0 Å². The van der Waals surface area contributed by atoms with Crippen molar-refractivity contribution in [2.24, 2.45) is 4.99 Å². The molecule has 0 aromatic heterocycles. The summed E-state index contributed by atoms with van der Waals surface area (Å²) in [4.78, 5) is 4.21. The molecule has 0 spiro atoms. The fourth-order valence-electron chi connectivity index (χ4n) is 2.49. The van der Waals surface area contributed by atoms with E-state index in [-0.39, 0.29) is 5.75 Å². The standard InChI is InChI=1S/C15H31N3O2S2/c1-15(2,3)22(19,20)10-9-17-14(16-4)18-12-7-6-8-13(11-12)21-5/h12-13H,6-11H2,1-5H3,(H2,16,17,18). The Bertz CT molecular complexity index is 470. The zero-order chi connectivity index (χ0) is 16.8. The quantitative estimate of drug-likeness (QED) is 0.587. The lowest BCUT2D eigenvalue weighted by atomic mass is 9.95.